The molecule has 0 fully saturated rings. The number of allylic oxidation sites excluding steroid dienone is 3. The molecule has 4 heteroatoms. The van der Waals surface area contributed by atoms with Gasteiger partial charge in [0.1, 0.15) is 6.07 Å². The summed E-state index contributed by atoms with van der Waals surface area (Å²) in [6, 6.07) is 32.9. The van der Waals surface area contributed by atoms with Crippen LogP contribution in [0.3, 0.4) is 0 Å². The summed E-state index contributed by atoms with van der Waals surface area (Å²) in [4.78, 5) is 1.31. The van der Waals surface area contributed by atoms with E-state index in [1.807, 2.05) is 17.8 Å². The Kier molecular flexibility index (Phi) is 5.15. The topological polar surface area (TPSA) is 41.9 Å². The number of rotatable bonds is 2. The highest BCUT2D eigenvalue weighted by Crippen LogP contribution is 2.52. The molecule has 2 unspecified atom stereocenters. The zero-order valence-corrected chi connectivity index (χ0v) is 24.6. The quantitative estimate of drug-likeness (QED) is 0.208. The number of aryl methyl sites for hydroxylation is 2. The summed E-state index contributed by atoms with van der Waals surface area (Å²) in [7, 11) is 0. The highest BCUT2D eigenvalue weighted by molar-refractivity contribution is 8.00. The first-order valence-electron chi connectivity index (χ1n) is 14.6. The molecule has 3 heterocycles. The van der Waals surface area contributed by atoms with Gasteiger partial charge in [0, 0.05) is 37.6 Å². The highest BCUT2D eigenvalue weighted by Gasteiger charge is 2.33. The highest BCUT2D eigenvalue weighted by atomic mass is 32.2. The van der Waals surface area contributed by atoms with Gasteiger partial charge < -0.3 is 8.98 Å². The number of benzene rings is 5. The molecule has 2 atom stereocenters. The zero-order valence-electron chi connectivity index (χ0n) is 23.8. The second-order valence-corrected chi connectivity index (χ2v) is 12.9. The summed E-state index contributed by atoms with van der Waals surface area (Å²) in [5.74, 6) is 0.389. The van der Waals surface area contributed by atoms with Crippen LogP contribution in [0.1, 0.15) is 28.2 Å². The van der Waals surface area contributed by atoms with Crippen LogP contribution in [0.25, 0.3) is 60.6 Å². The molecule has 1 aliphatic heterocycles. The molecule has 0 spiro atoms. The van der Waals surface area contributed by atoms with Gasteiger partial charge in [-0.1, -0.05) is 77.9 Å². The summed E-state index contributed by atoms with van der Waals surface area (Å²) in [5.41, 5.74) is 11.3. The normalized spacial score (nSPS) is 17.2. The first-order chi connectivity index (χ1) is 21.1. The van der Waals surface area contributed by atoms with E-state index >= 15 is 0 Å². The summed E-state index contributed by atoms with van der Waals surface area (Å²) >= 11 is 1.92. The van der Waals surface area contributed by atoms with E-state index in [1.54, 1.807) is 0 Å². The molecule has 204 valence electrons. The largest absolute Gasteiger partial charge is 0.452 e. The van der Waals surface area contributed by atoms with Crippen molar-refractivity contribution in [1.82, 2.24) is 4.57 Å². The Morgan fingerprint density at radius 3 is 2.26 bits per heavy atom. The van der Waals surface area contributed by atoms with Crippen molar-refractivity contribution >= 4 is 55.5 Å². The van der Waals surface area contributed by atoms with Crippen LogP contribution in [-0.4, -0.2) is 9.82 Å². The third-order valence-corrected chi connectivity index (χ3v) is 10.5. The van der Waals surface area contributed by atoms with Crippen LogP contribution in [0, 0.1) is 25.2 Å². The fourth-order valence-electron chi connectivity index (χ4n) is 7.10. The molecule has 2 aromatic heterocycles. The smallest absolute Gasteiger partial charge is 0.159 e. The third kappa shape index (κ3) is 3.49. The Morgan fingerprint density at radius 2 is 1.49 bits per heavy atom. The van der Waals surface area contributed by atoms with Gasteiger partial charge in [-0.15, -0.1) is 11.8 Å². The number of para-hydroxylation sites is 1. The predicted molar refractivity (Wildman–Crippen MR) is 178 cm³/mol. The van der Waals surface area contributed by atoms with Gasteiger partial charge in [0.15, 0.2) is 11.2 Å². The maximum Gasteiger partial charge on any atom is 0.159 e. The molecule has 1 aliphatic carbocycles. The van der Waals surface area contributed by atoms with Crippen LogP contribution in [0.15, 0.2) is 119 Å². The molecular formula is C39H26N2OS. The van der Waals surface area contributed by atoms with E-state index in [-0.39, 0.29) is 0 Å². The van der Waals surface area contributed by atoms with Crippen LogP contribution in [-0.2, 0) is 0 Å². The van der Waals surface area contributed by atoms with Gasteiger partial charge in [-0.2, -0.15) is 5.26 Å². The van der Waals surface area contributed by atoms with Gasteiger partial charge in [0.25, 0.3) is 0 Å². The summed E-state index contributed by atoms with van der Waals surface area (Å²) in [6.07, 6.45) is 8.90. The minimum atomic E-state index is 0.389. The monoisotopic (exact) mass is 570 g/mol. The number of nitrogens with zero attached hydrogens (tertiary/aromatic N) is 2. The van der Waals surface area contributed by atoms with Gasteiger partial charge in [-0.3, -0.25) is 0 Å². The van der Waals surface area contributed by atoms with Gasteiger partial charge >= 0.3 is 0 Å². The van der Waals surface area contributed by atoms with Crippen molar-refractivity contribution in [2.75, 3.05) is 0 Å². The molecule has 43 heavy (non-hydrogen) atoms. The van der Waals surface area contributed by atoms with E-state index in [2.05, 4.69) is 128 Å². The van der Waals surface area contributed by atoms with Gasteiger partial charge in [-0.05, 0) is 73.0 Å². The number of hydrogen-bond donors (Lipinski definition) is 0. The maximum atomic E-state index is 10.3. The minimum absolute atomic E-state index is 0.389. The molecular weight excluding hydrogens is 545 g/mol. The molecule has 0 saturated heterocycles. The van der Waals surface area contributed by atoms with Gasteiger partial charge in [0.05, 0.1) is 22.3 Å². The number of furan rings is 1. The molecule has 7 aromatic rings. The van der Waals surface area contributed by atoms with Crippen molar-refractivity contribution < 1.29 is 4.42 Å². The number of nitriles is 1. The molecule has 0 amide bonds. The van der Waals surface area contributed by atoms with Crippen molar-refractivity contribution in [3.63, 3.8) is 0 Å². The third-order valence-electron chi connectivity index (χ3n) is 9.07. The summed E-state index contributed by atoms with van der Waals surface area (Å²) in [6.45, 7) is 4.28. The van der Waals surface area contributed by atoms with E-state index in [4.69, 9.17) is 4.42 Å². The fraction of sp³-hybridized carbons (Fsp3) is 0.103. The Bertz CT molecular complexity index is 2370. The van der Waals surface area contributed by atoms with Crippen molar-refractivity contribution in [1.29, 1.82) is 5.26 Å². The van der Waals surface area contributed by atoms with Crippen LogP contribution in [0.2, 0.25) is 0 Å². The van der Waals surface area contributed by atoms with E-state index in [1.165, 1.54) is 37.9 Å². The summed E-state index contributed by atoms with van der Waals surface area (Å²) < 4.78 is 8.98. The average molecular weight is 571 g/mol. The molecule has 0 saturated carbocycles. The first-order valence-corrected chi connectivity index (χ1v) is 15.5. The zero-order chi connectivity index (χ0) is 28.8. The molecule has 3 nitrogen and oxygen atoms in total. The Hall–Kier alpha value is -4.98. The number of fused-ring (bicyclic) bond motifs is 9. The lowest BCUT2D eigenvalue weighted by Gasteiger charge is -2.14. The fourth-order valence-corrected chi connectivity index (χ4v) is 8.58. The van der Waals surface area contributed by atoms with Crippen molar-refractivity contribution in [3.8, 4) is 22.9 Å². The van der Waals surface area contributed by atoms with E-state index in [9.17, 15) is 5.26 Å². The standard InChI is InChI=1S/C39H26N2OS/c1-22-13-15-33-30(17-22)31-18-23(2)14-16-34(31)41(33)35-11-6-9-28-32-20-24(19-25(21-40)37(32)42-38(28)35)26-8-5-10-29-27-7-3-4-12-36(27)43-39(26)29/h3-20,27,36H,1-2H3. The van der Waals surface area contributed by atoms with E-state index < -0.39 is 0 Å². The van der Waals surface area contributed by atoms with Crippen molar-refractivity contribution in [2.45, 2.75) is 29.9 Å². The lowest BCUT2D eigenvalue weighted by molar-refractivity contribution is 0.665. The van der Waals surface area contributed by atoms with Gasteiger partial charge in [0.2, 0.25) is 0 Å². The van der Waals surface area contributed by atoms with E-state index in [0.717, 1.165) is 38.6 Å². The minimum Gasteiger partial charge on any atom is -0.452 e. The number of aromatic nitrogens is 1. The van der Waals surface area contributed by atoms with Crippen LogP contribution in [0.4, 0.5) is 0 Å². The Morgan fingerprint density at radius 1 is 0.744 bits per heavy atom. The van der Waals surface area contributed by atoms with E-state index in [0.29, 0.717) is 22.3 Å². The maximum absolute atomic E-state index is 10.3. The molecule has 0 bridgehead atoms. The molecule has 9 rings (SSSR count). The van der Waals surface area contributed by atoms with Crippen LogP contribution < -0.4 is 0 Å². The molecule has 5 aromatic carbocycles. The second-order valence-electron chi connectivity index (χ2n) is 11.7. The predicted octanol–water partition coefficient (Wildman–Crippen LogP) is 10.5. The summed E-state index contributed by atoms with van der Waals surface area (Å²) in [5, 5.41) is 15.2. The Labute approximate surface area is 253 Å². The van der Waals surface area contributed by atoms with Crippen LogP contribution >= 0.6 is 11.8 Å². The Balaban J connectivity index is 1.31. The van der Waals surface area contributed by atoms with Crippen molar-refractivity contribution in [3.05, 3.63) is 131 Å². The molecule has 2 aliphatic rings. The first kappa shape index (κ1) is 24.6. The van der Waals surface area contributed by atoms with Crippen molar-refractivity contribution in [2.24, 2.45) is 0 Å². The van der Waals surface area contributed by atoms with Gasteiger partial charge in [-0.25, -0.2) is 0 Å². The second kappa shape index (κ2) is 9.01. The average Bonchev–Trinajstić information content (AvgIpc) is 3.70. The lowest BCUT2D eigenvalue weighted by atomic mass is 9.90. The molecule has 0 radical (unpaired) electrons. The SMILES string of the molecule is Cc1ccc2c(c1)c1cc(C)ccc1n2-c1cccc2c1oc1c(C#N)cc(-c3cccc4c3SC3C=CC=CC43)cc12. The molecule has 0 N–H and O–H groups in total. The van der Waals surface area contributed by atoms with Crippen LogP contribution in [0.5, 0.6) is 0 Å². The lowest BCUT2D eigenvalue weighted by Crippen LogP contribution is -2.06. The number of hydrogen-bond acceptors (Lipinski definition) is 3. The number of thioether (sulfide) groups is 1.